The van der Waals surface area contributed by atoms with Gasteiger partial charge >= 0.3 is 0 Å². The number of carbonyl (C=O) groups is 1. The van der Waals surface area contributed by atoms with E-state index in [1.807, 2.05) is 13.8 Å². The second-order valence-corrected chi connectivity index (χ2v) is 4.60. The Labute approximate surface area is 124 Å². The Kier molecular flexibility index (Phi) is 5.90. The molecule has 106 valence electrons. The normalized spacial score (nSPS) is 9.70. The van der Waals surface area contributed by atoms with Crippen LogP contribution in [-0.2, 0) is 0 Å². The number of Topliss-reactive ketones (excluding diaryl/α,β-unsaturated/α-hetero) is 1. The molecule has 0 saturated carbocycles. The second-order valence-electron chi connectivity index (χ2n) is 4.19. The van der Waals surface area contributed by atoms with E-state index in [1.54, 1.807) is 43.3 Å². The van der Waals surface area contributed by atoms with E-state index in [0.29, 0.717) is 27.3 Å². The first kappa shape index (κ1) is 16.4. The maximum atomic E-state index is 14.1. The fourth-order valence-corrected chi connectivity index (χ4v) is 2.09. The minimum absolute atomic E-state index is 0.0913. The van der Waals surface area contributed by atoms with Gasteiger partial charge in [-0.2, -0.15) is 0 Å². The summed E-state index contributed by atoms with van der Waals surface area (Å²) >= 11 is 6.06. The average Bonchev–Trinajstić information content (AvgIpc) is 2.44. The smallest absolute Gasteiger partial charge is 0.159 e. The van der Waals surface area contributed by atoms with Crippen LogP contribution in [-0.4, -0.2) is 5.78 Å². The van der Waals surface area contributed by atoms with Crippen LogP contribution < -0.4 is 0 Å². The van der Waals surface area contributed by atoms with Gasteiger partial charge in [0.25, 0.3) is 0 Å². The minimum atomic E-state index is -0.340. The molecule has 0 spiro atoms. The van der Waals surface area contributed by atoms with E-state index in [2.05, 4.69) is 0 Å². The first-order chi connectivity index (χ1) is 9.50. The van der Waals surface area contributed by atoms with Gasteiger partial charge in [0.05, 0.1) is 0 Å². The molecule has 2 aromatic carbocycles. The number of rotatable bonds is 2. The van der Waals surface area contributed by atoms with Crippen LogP contribution in [0, 0.1) is 12.7 Å². The molecular formula is C17H18ClFO. The average molecular weight is 293 g/mol. The van der Waals surface area contributed by atoms with Crippen LogP contribution in [0.3, 0.4) is 0 Å². The molecule has 0 heterocycles. The first-order valence-corrected chi connectivity index (χ1v) is 6.94. The van der Waals surface area contributed by atoms with Crippen molar-refractivity contribution >= 4 is 17.4 Å². The van der Waals surface area contributed by atoms with Gasteiger partial charge in [0, 0.05) is 21.7 Å². The Morgan fingerprint density at radius 3 is 2.25 bits per heavy atom. The highest BCUT2D eigenvalue weighted by Gasteiger charge is 2.13. The van der Waals surface area contributed by atoms with Gasteiger partial charge in [-0.05, 0) is 37.6 Å². The monoisotopic (exact) mass is 292 g/mol. The van der Waals surface area contributed by atoms with Crippen molar-refractivity contribution in [2.45, 2.75) is 27.7 Å². The van der Waals surface area contributed by atoms with E-state index in [1.165, 1.54) is 6.92 Å². The largest absolute Gasteiger partial charge is 0.295 e. The molecule has 0 aliphatic rings. The molecular weight excluding hydrogens is 275 g/mol. The summed E-state index contributed by atoms with van der Waals surface area (Å²) in [6.45, 7) is 7.10. The summed E-state index contributed by atoms with van der Waals surface area (Å²) in [6.07, 6.45) is 0. The quantitative estimate of drug-likeness (QED) is 0.650. The Balaban J connectivity index is 0.000000956. The van der Waals surface area contributed by atoms with Crippen molar-refractivity contribution in [3.8, 4) is 11.1 Å². The Hall–Kier alpha value is -1.67. The summed E-state index contributed by atoms with van der Waals surface area (Å²) in [4.78, 5) is 11.4. The zero-order valence-corrected chi connectivity index (χ0v) is 12.9. The lowest BCUT2D eigenvalue weighted by Crippen LogP contribution is -1.98. The number of carbonyl (C=O) groups excluding carboxylic acids is 1. The third-order valence-electron chi connectivity index (χ3n) is 2.83. The summed E-state index contributed by atoms with van der Waals surface area (Å²) in [7, 11) is 0. The maximum Gasteiger partial charge on any atom is 0.159 e. The molecule has 2 aromatic rings. The molecule has 1 nitrogen and oxygen atoms in total. The predicted octanol–water partition coefficient (Wildman–Crippen LogP) is 5.68. The number of halogens is 2. The number of aryl methyl sites for hydroxylation is 1. The summed E-state index contributed by atoms with van der Waals surface area (Å²) < 4.78 is 14.1. The van der Waals surface area contributed by atoms with Gasteiger partial charge in [-0.15, -0.1) is 0 Å². The highest BCUT2D eigenvalue weighted by atomic mass is 35.5. The summed E-state index contributed by atoms with van der Waals surface area (Å²) in [5.41, 5.74) is 1.90. The third kappa shape index (κ3) is 3.45. The van der Waals surface area contributed by atoms with E-state index in [-0.39, 0.29) is 11.6 Å². The molecule has 0 saturated heterocycles. The van der Waals surface area contributed by atoms with Gasteiger partial charge in [0.2, 0.25) is 0 Å². The zero-order valence-electron chi connectivity index (χ0n) is 12.1. The van der Waals surface area contributed by atoms with Crippen LogP contribution in [0.4, 0.5) is 4.39 Å². The van der Waals surface area contributed by atoms with Crippen molar-refractivity contribution < 1.29 is 9.18 Å². The van der Waals surface area contributed by atoms with Gasteiger partial charge in [0.15, 0.2) is 5.78 Å². The zero-order chi connectivity index (χ0) is 15.3. The van der Waals surface area contributed by atoms with Gasteiger partial charge in [0.1, 0.15) is 5.82 Å². The first-order valence-electron chi connectivity index (χ1n) is 6.56. The lowest BCUT2D eigenvalue weighted by Gasteiger charge is -2.10. The predicted molar refractivity (Wildman–Crippen MR) is 82.9 cm³/mol. The lowest BCUT2D eigenvalue weighted by molar-refractivity contribution is 0.101. The van der Waals surface area contributed by atoms with Crippen LogP contribution >= 0.6 is 11.6 Å². The molecule has 0 unspecified atom stereocenters. The van der Waals surface area contributed by atoms with Crippen LogP contribution in [0.2, 0.25) is 5.02 Å². The van der Waals surface area contributed by atoms with Crippen molar-refractivity contribution in [1.29, 1.82) is 0 Å². The second kappa shape index (κ2) is 7.20. The molecule has 0 aliphatic carbocycles. The SMILES string of the molecule is CC.CC(=O)c1cc(C)c(F)c(-c2ccccc2Cl)c1. The highest BCUT2D eigenvalue weighted by molar-refractivity contribution is 6.33. The van der Waals surface area contributed by atoms with Crippen LogP contribution in [0.5, 0.6) is 0 Å². The number of hydrogen-bond acceptors (Lipinski definition) is 1. The van der Waals surface area contributed by atoms with Gasteiger partial charge in [-0.3, -0.25) is 4.79 Å². The van der Waals surface area contributed by atoms with E-state index in [4.69, 9.17) is 11.6 Å². The summed E-state index contributed by atoms with van der Waals surface area (Å²) in [6, 6.07) is 10.1. The topological polar surface area (TPSA) is 17.1 Å². The Bertz CT molecular complexity index is 620. The number of hydrogen-bond donors (Lipinski definition) is 0. The van der Waals surface area contributed by atoms with Crippen molar-refractivity contribution in [3.05, 3.63) is 58.4 Å². The Morgan fingerprint density at radius 2 is 1.70 bits per heavy atom. The summed E-state index contributed by atoms with van der Waals surface area (Å²) in [5, 5.41) is 0.469. The minimum Gasteiger partial charge on any atom is -0.295 e. The number of ketones is 1. The van der Waals surface area contributed by atoms with E-state index in [9.17, 15) is 9.18 Å². The van der Waals surface area contributed by atoms with E-state index < -0.39 is 0 Å². The van der Waals surface area contributed by atoms with E-state index >= 15 is 0 Å². The van der Waals surface area contributed by atoms with Crippen LogP contribution in [0.1, 0.15) is 36.7 Å². The molecule has 0 atom stereocenters. The van der Waals surface area contributed by atoms with E-state index in [0.717, 1.165) is 0 Å². The third-order valence-corrected chi connectivity index (χ3v) is 3.15. The molecule has 3 heteroatoms. The molecule has 20 heavy (non-hydrogen) atoms. The fourth-order valence-electron chi connectivity index (χ4n) is 1.85. The standard InChI is InChI=1S/C15H12ClFO.C2H6/c1-9-7-11(10(2)18)8-13(15(9)17)12-5-3-4-6-14(12)16;1-2/h3-8H,1-2H3;1-2H3. The van der Waals surface area contributed by atoms with Crippen LogP contribution in [0.15, 0.2) is 36.4 Å². The van der Waals surface area contributed by atoms with Crippen LogP contribution in [0.25, 0.3) is 11.1 Å². The lowest BCUT2D eigenvalue weighted by atomic mass is 9.98. The van der Waals surface area contributed by atoms with Crippen molar-refractivity contribution in [2.24, 2.45) is 0 Å². The van der Waals surface area contributed by atoms with Crippen molar-refractivity contribution in [2.75, 3.05) is 0 Å². The fraction of sp³-hybridized carbons (Fsp3) is 0.235. The van der Waals surface area contributed by atoms with Gasteiger partial charge in [-0.25, -0.2) is 4.39 Å². The molecule has 0 bridgehead atoms. The molecule has 2 rings (SSSR count). The molecule has 0 aliphatic heterocycles. The highest BCUT2D eigenvalue weighted by Crippen LogP contribution is 2.31. The molecule has 0 N–H and O–H groups in total. The number of benzene rings is 2. The molecule has 0 amide bonds. The molecule has 0 fully saturated rings. The van der Waals surface area contributed by atoms with Gasteiger partial charge < -0.3 is 0 Å². The Morgan fingerprint density at radius 1 is 1.10 bits per heavy atom. The van der Waals surface area contributed by atoms with Crippen molar-refractivity contribution in [1.82, 2.24) is 0 Å². The van der Waals surface area contributed by atoms with Gasteiger partial charge in [-0.1, -0.05) is 43.6 Å². The molecule has 0 radical (unpaired) electrons. The molecule has 0 aromatic heterocycles. The summed E-state index contributed by atoms with van der Waals surface area (Å²) in [5.74, 6) is -0.431. The van der Waals surface area contributed by atoms with Crippen molar-refractivity contribution in [3.63, 3.8) is 0 Å². The maximum absolute atomic E-state index is 14.1.